The number of carboxylic acid groups (broad SMARTS) is 1. The molecule has 12 heteroatoms. The first-order valence-electron chi connectivity index (χ1n) is 10.8. The molecule has 1 atom stereocenters. The van der Waals surface area contributed by atoms with Gasteiger partial charge in [0.15, 0.2) is 6.61 Å². The Balaban J connectivity index is 2.16. The number of aryl methyl sites for hydroxylation is 1. The standard InChI is InChI=1S/C23H28F3NO6S2/c1-4-12-27(35(30,31)20-9-6-17(7-10-20)33-23(24,25)26)14-18(5-2)34-19-8-11-21(16(3)13-19)32-15-22(28)29/h6-11,13,18H,4-5,12,14-15H2,1-3H3,(H,28,29)/t18-/m1/s1. The molecular formula is C23H28F3NO6S2. The highest BCUT2D eigenvalue weighted by molar-refractivity contribution is 8.00. The second kappa shape index (κ2) is 12.5. The fourth-order valence-electron chi connectivity index (χ4n) is 3.19. The zero-order valence-corrected chi connectivity index (χ0v) is 21.2. The van der Waals surface area contributed by atoms with Crippen molar-refractivity contribution in [2.45, 2.75) is 55.0 Å². The normalized spacial score (nSPS) is 13.0. The molecule has 0 aliphatic heterocycles. The Bertz CT molecular complexity index is 1090. The summed E-state index contributed by atoms with van der Waals surface area (Å²) in [7, 11) is -3.94. The Morgan fingerprint density at radius 2 is 1.80 bits per heavy atom. The third-order valence-electron chi connectivity index (χ3n) is 4.83. The number of benzene rings is 2. The van der Waals surface area contributed by atoms with Gasteiger partial charge < -0.3 is 14.6 Å². The summed E-state index contributed by atoms with van der Waals surface area (Å²) < 4.78 is 74.1. The third-order valence-corrected chi connectivity index (χ3v) is 8.05. The van der Waals surface area contributed by atoms with Crippen molar-refractivity contribution in [3.8, 4) is 11.5 Å². The lowest BCUT2D eigenvalue weighted by Crippen LogP contribution is -2.37. The molecule has 0 unspecified atom stereocenters. The number of ether oxygens (including phenoxy) is 2. The average molecular weight is 536 g/mol. The largest absolute Gasteiger partial charge is 0.573 e. The second-order valence-corrected chi connectivity index (χ2v) is 11.0. The van der Waals surface area contributed by atoms with E-state index in [1.165, 1.54) is 16.1 Å². The van der Waals surface area contributed by atoms with E-state index >= 15 is 0 Å². The fourth-order valence-corrected chi connectivity index (χ4v) is 6.06. The number of carboxylic acids is 1. The Morgan fingerprint density at radius 3 is 2.31 bits per heavy atom. The van der Waals surface area contributed by atoms with E-state index in [0.29, 0.717) is 18.6 Å². The highest BCUT2D eigenvalue weighted by Gasteiger charge is 2.32. The summed E-state index contributed by atoms with van der Waals surface area (Å²) in [5, 5.41) is 8.67. The zero-order valence-electron chi connectivity index (χ0n) is 19.5. The van der Waals surface area contributed by atoms with E-state index in [1.807, 2.05) is 19.9 Å². The predicted molar refractivity (Wildman–Crippen MR) is 126 cm³/mol. The SMILES string of the molecule is CCCN(C[C@@H](CC)Sc1ccc(OCC(=O)O)c(C)c1)S(=O)(=O)c1ccc(OC(F)(F)F)cc1. The van der Waals surface area contributed by atoms with E-state index in [2.05, 4.69) is 4.74 Å². The first kappa shape index (κ1) is 28.8. The van der Waals surface area contributed by atoms with Gasteiger partial charge in [-0.05, 0) is 67.8 Å². The summed E-state index contributed by atoms with van der Waals surface area (Å²) in [5.74, 6) is -1.11. The van der Waals surface area contributed by atoms with Gasteiger partial charge in [0.05, 0.1) is 4.90 Å². The minimum atomic E-state index is -4.86. The first-order chi connectivity index (χ1) is 16.4. The van der Waals surface area contributed by atoms with Crippen molar-refractivity contribution in [1.82, 2.24) is 4.31 Å². The Hall–Kier alpha value is -2.44. The molecule has 0 radical (unpaired) electrons. The van der Waals surface area contributed by atoms with Crippen molar-refractivity contribution in [2.75, 3.05) is 19.7 Å². The number of alkyl halides is 3. The number of halogens is 3. The van der Waals surface area contributed by atoms with Gasteiger partial charge in [0, 0.05) is 23.2 Å². The minimum absolute atomic E-state index is 0.102. The number of hydrogen-bond donors (Lipinski definition) is 1. The van der Waals surface area contributed by atoms with Crippen molar-refractivity contribution in [1.29, 1.82) is 0 Å². The third kappa shape index (κ3) is 8.93. The molecule has 2 rings (SSSR count). The molecule has 0 aliphatic rings. The van der Waals surface area contributed by atoms with Gasteiger partial charge in [-0.3, -0.25) is 0 Å². The van der Waals surface area contributed by atoms with Crippen LogP contribution in [-0.4, -0.2) is 55.1 Å². The number of carbonyl (C=O) groups is 1. The van der Waals surface area contributed by atoms with E-state index < -0.39 is 34.7 Å². The predicted octanol–water partition coefficient (Wildman–Crippen LogP) is 5.33. The molecular weight excluding hydrogens is 507 g/mol. The smallest absolute Gasteiger partial charge is 0.482 e. The maximum Gasteiger partial charge on any atom is 0.573 e. The minimum Gasteiger partial charge on any atom is -0.482 e. The molecule has 0 saturated carbocycles. The fraction of sp³-hybridized carbons (Fsp3) is 0.435. The Labute approximate surface area is 207 Å². The van der Waals surface area contributed by atoms with Crippen molar-refractivity contribution in [2.24, 2.45) is 0 Å². The van der Waals surface area contributed by atoms with Crippen LogP contribution < -0.4 is 9.47 Å². The Kier molecular flexibility index (Phi) is 10.3. The van der Waals surface area contributed by atoms with Crippen LogP contribution in [0.25, 0.3) is 0 Å². The van der Waals surface area contributed by atoms with Gasteiger partial charge in [-0.15, -0.1) is 24.9 Å². The van der Waals surface area contributed by atoms with Gasteiger partial charge in [-0.2, -0.15) is 4.31 Å². The average Bonchev–Trinajstić information content (AvgIpc) is 2.76. The first-order valence-corrected chi connectivity index (χ1v) is 13.2. The van der Waals surface area contributed by atoms with Crippen LogP contribution in [0.15, 0.2) is 52.3 Å². The summed E-state index contributed by atoms with van der Waals surface area (Å²) in [4.78, 5) is 11.5. The van der Waals surface area contributed by atoms with E-state index in [4.69, 9.17) is 9.84 Å². The molecule has 0 bridgehead atoms. The quantitative estimate of drug-likeness (QED) is 0.347. The van der Waals surface area contributed by atoms with Crippen LogP contribution in [0.2, 0.25) is 0 Å². The summed E-state index contributed by atoms with van der Waals surface area (Å²) in [6, 6.07) is 9.48. The highest BCUT2D eigenvalue weighted by atomic mass is 32.2. The van der Waals surface area contributed by atoms with Gasteiger partial charge in [0.2, 0.25) is 10.0 Å². The molecule has 0 spiro atoms. The van der Waals surface area contributed by atoms with E-state index in [0.717, 1.165) is 34.7 Å². The molecule has 0 aliphatic carbocycles. The monoisotopic (exact) mass is 535 g/mol. The maximum atomic E-state index is 13.2. The van der Waals surface area contributed by atoms with Gasteiger partial charge >= 0.3 is 12.3 Å². The summed E-state index contributed by atoms with van der Waals surface area (Å²) in [6.45, 7) is 5.58. The molecule has 2 aromatic rings. The van der Waals surface area contributed by atoms with Crippen LogP contribution in [-0.2, 0) is 14.8 Å². The molecule has 7 nitrogen and oxygen atoms in total. The molecule has 0 aromatic heterocycles. The number of sulfonamides is 1. The lowest BCUT2D eigenvalue weighted by molar-refractivity contribution is -0.274. The highest BCUT2D eigenvalue weighted by Crippen LogP contribution is 2.32. The van der Waals surface area contributed by atoms with Crippen molar-refractivity contribution in [3.63, 3.8) is 0 Å². The number of aliphatic carboxylic acids is 1. The molecule has 0 amide bonds. The summed E-state index contributed by atoms with van der Waals surface area (Å²) in [6.07, 6.45) is -3.64. The number of rotatable bonds is 13. The molecule has 0 fully saturated rings. The summed E-state index contributed by atoms with van der Waals surface area (Å²) >= 11 is 1.49. The van der Waals surface area contributed by atoms with E-state index in [9.17, 15) is 26.4 Å². The van der Waals surface area contributed by atoms with Crippen molar-refractivity contribution in [3.05, 3.63) is 48.0 Å². The number of hydrogen-bond acceptors (Lipinski definition) is 6. The molecule has 2 aromatic carbocycles. The van der Waals surface area contributed by atoms with Gasteiger partial charge in [-0.25, -0.2) is 13.2 Å². The van der Waals surface area contributed by atoms with Crippen LogP contribution in [0.5, 0.6) is 11.5 Å². The zero-order chi connectivity index (χ0) is 26.2. The lowest BCUT2D eigenvalue weighted by Gasteiger charge is -2.26. The van der Waals surface area contributed by atoms with Gasteiger partial charge in [0.1, 0.15) is 11.5 Å². The second-order valence-electron chi connectivity index (χ2n) is 7.64. The number of nitrogens with zero attached hydrogens (tertiary/aromatic N) is 1. The maximum absolute atomic E-state index is 13.2. The van der Waals surface area contributed by atoms with Gasteiger partial charge in [0.25, 0.3) is 0 Å². The molecule has 1 N–H and O–H groups in total. The molecule has 35 heavy (non-hydrogen) atoms. The van der Waals surface area contributed by atoms with E-state index in [1.54, 1.807) is 19.1 Å². The number of thioether (sulfide) groups is 1. The van der Waals surface area contributed by atoms with Crippen LogP contribution in [0.3, 0.4) is 0 Å². The Morgan fingerprint density at radius 1 is 1.14 bits per heavy atom. The molecule has 0 saturated heterocycles. The molecule has 0 heterocycles. The summed E-state index contributed by atoms with van der Waals surface area (Å²) in [5.41, 5.74) is 0.755. The lowest BCUT2D eigenvalue weighted by atomic mass is 10.2. The van der Waals surface area contributed by atoms with Gasteiger partial charge in [-0.1, -0.05) is 13.8 Å². The van der Waals surface area contributed by atoms with E-state index in [-0.39, 0.29) is 23.2 Å². The van der Waals surface area contributed by atoms with Crippen LogP contribution >= 0.6 is 11.8 Å². The van der Waals surface area contributed by atoms with Crippen molar-refractivity contribution < 1.29 is 41.0 Å². The molecule has 194 valence electrons. The van der Waals surface area contributed by atoms with Crippen LogP contribution in [0.1, 0.15) is 32.3 Å². The van der Waals surface area contributed by atoms with Crippen molar-refractivity contribution >= 4 is 27.8 Å². The topological polar surface area (TPSA) is 93.1 Å². The van der Waals surface area contributed by atoms with Crippen LogP contribution in [0.4, 0.5) is 13.2 Å². The van der Waals surface area contributed by atoms with Crippen LogP contribution in [0, 0.1) is 6.92 Å².